The largest absolute Gasteiger partial charge is 0.496 e. The first kappa shape index (κ1) is 20.4. The summed E-state index contributed by atoms with van der Waals surface area (Å²) in [5.41, 5.74) is 3.97. The number of nitrogens with one attached hydrogen (secondary N) is 2. The molecule has 0 radical (unpaired) electrons. The minimum Gasteiger partial charge on any atom is -0.496 e. The van der Waals surface area contributed by atoms with Gasteiger partial charge in [0.05, 0.1) is 14.2 Å². The Balaban J connectivity index is 1.75. The molecule has 1 amide bonds. The van der Waals surface area contributed by atoms with Crippen LogP contribution in [0.5, 0.6) is 11.5 Å². The van der Waals surface area contributed by atoms with Gasteiger partial charge in [-0.2, -0.15) is 10.1 Å². The lowest BCUT2D eigenvalue weighted by Gasteiger charge is -2.18. The molecule has 1 aliphatic rings. The van der Waals surface area contributed by atoms with Crippen LogP contribution in [0.4, 0.5) is 5.95 Å². The van der Waals surface area contributed by atoms with Crippen LogP contribution in [-0.2, 0) is 22.6 Å². The van der Waals surface area contributed by atoms with Crippen LogP contribution in [0.2, 0.25) is 0 Å². The summed E-state index contributed by atoms with van der Waals surface area (Å²) in [5.74, 6) is 0.962. The number of esters is 1. The lowest BCUT2D eigenvalue weighted by Crippen LogP contribution is -2.12. The van der Waals surface area contributed by atoms with E-state index >= 15 is 0 Å². The molecule has 0 spiro atoms. The molecule has 0 aliphatic carbocycles. The van der Waals surface area contributed by atoms with Crippen molar-refractivity contribution in [1.82, 2.24) is 15.2 Å². The molecule has 1 aliphatic heterocycles. The summed E-state index contributed by atoms with van der Waals surface area (Å²) in [5, 5.41) is 8.91. The predicted octanol–water partition coefficient (Wildman–Crippen LogP) is 2.71. The Morgan fingerprint density at radius 2 is 2.07 bits per heavy atom. The Bertz CT molecular complexity index is 951. The number of cyclic esters (lactones) is 1. The standard InChI is InChI=1S/C20H24N4O5/c1-11(6-8-15(25)23-20-21-10-22-24-20)5-7-13-17(27-3)12(2)14-9-29-19(26)16(14)18(13)28-4/h5,10H,6-9H2,1-4H3,(H2,21,22,23,24,25)/b11-5+. The number of allylic oxidation sites excluding steroid dienone is 2. The molecule has 29 heavy (non-hydrogen) atoms. The van der Waals surface area contributed by atoms with E-state index in [1.54, 1.807) is 7.11 Å². The highest BCUT2D eigenvalue weighted by Crippen LogP contribution is 2.42. The van der Waals surface area contributed by atoms with Crippen molar-refractivity contribution in [2.24, 2.45) is 0 Å². The van der Waals surface area contributed by atoms with Gasteiger partial charge < -0.3 is 14.2 Å². The molecule has 9 heteroatoms. The van der Waals surface area contributed by atoms with Crippen molar-refractivity contribution < 1.29 is 23.8 Å². The van der Waals surface area contributed by atoms with E-state index in [-0.39, 0.29) is 18.5 Å². The summed E-state index contributed by atoms with van der Waals surface area (Å²) in [7, 11) is 3.13. The van der Waals surface area contributed by atoms with E-state index in [0.29, 0.717) is 42.3 Å². The van der Waals surface area contributed by atoms with Crippen LogP contribution in [0.15, 0.2) is 18.0 Å². The maximum Gasteiger partial charge on any atom is 0.342 e. The topological polar surface area (TPSA) is 115 Å². The van der Waals surface area contributed by atoms with Crippen molar-refractivity contribution in [3.63, 3.8) is 0 Å². The van der Waals surface area contributed by atoms with Gasteiger partial charge in [0.2, 0.25) is 11.9 Å². The zero-order valence-corrected chi connectivity index (χ0v) is 16.9. The van der Waals surface area contributed by atoms with Crippen molar-refractivity contribution in [2.45, 2.75) is 39.7 Å². The molecule has 9 nitrogen and oxygen atoms in total. The molecule has 0 saturated carbocycles. The summed E-state index contributed by atoms with van der Waals surface area (Å²) in [6.45, 7) is 4.09. The molecule has 3 rings (SSSR count). The Labute approximate surface area is 168 Å². The summed E-state index contributed by atoms with van der Waals surface area (Å²) in [6, 6.07) is 0. The Hall–Kier alpha value is -3.36. The van der Waals surface area contributed by atoms with Gasteiger partial charge in [-0.05, 0) is 32.3 Å². The molecule has 2 N–H and O–H groups in total. The van der Waals surface area contributed by atoms with Crippen LogP contribution < -0.4 is 14.8 Å². The van der Waals surface area contributed by atoms with Crippen LogP contribution in [-0.4, -0.2) is 41.3 Å². The number of rotatable bonds is 8. The number of fused-ring (bicyclic) bond motifs is 1. The highest BCUT2D eigenvalue weighted by molar-refractivity contribution is 5.98. The van der Waals surface area contributed by atoms with Crippen LogP contribution in [0.25, 0.3) is 0 Å². The normalized spacial score (nSPS) is 13.1. The molecule has 1 aromatic carbocycles. The lowest BCUT2D eigenvalue weighted by atomic mass is 9.94. The molecule has 2 heterocycles. The van der Waals surface area contributed by atoms with Crippen molar-refractivity contribution in [2.75, 3.05) is 19.5 Å². The fourth-order valence-corrected chi connectivity index (χ4v) is 3.38. The van der Waals surface area contributed by atoms with E-state index in [2.05, 4.69) is 20.5 Å². The zero-order chi connectivity index (χ0) is 21.0. The van der Waals surface area contributed by atoms with E-state index in [1.807, 2.05) is 19.9 Å². The Kier molecular flexibility index (Phi) is 6.16. The molecule has 1 aromatic heterocycles. The molecule has 154 valence electrons. The fourth-order valence-electron chi connectivity index (χ4n) is 3.38. The van der Waals surface area contributed by atoms with Crippen molar-refractivity contribution in [3.05, 3.63) is 40.2 Å². The van der Waals surface area contributed by atoms with E-state index in [4.69, 9.17) is 14.2 Å². The van der Waals surface area contributed by atoms with Gasteiger partial charge in [-0.3, -0.25) is 10.1 Å². The van der Waals surface area contributed by atoms with E-state index in [0.717, 1.165) is 22.3 Å². The molecular formula is C20H24N4O5. The minimum atomic E-state index is -0.381. The quantitative estimate of drug-likeness (QED) is 0.517. The number of H-pyrrole nitrogens is 1. The van der Waals surface area contributed by atoms with Crippen LogP contribution in [0.1, 0.15) is 46.8 Å². The second kappa shape index (κ2) is 8.76. The maximum absolute atomic E-state index is 12.2. The zero-order valence-electron chi connectivity index (χ0n) is 16.9. The van der Waals surface area contributed by atoms with Gasteiger partial charge in [0.1, 0.15) is 30.0 Å². The van der Waals surface area contributed by atoms with Crippen LogP contribution >= 0.6 is 0 Å². The summed E-state index contributed by atoms with van der Waals surface area (Å²) < 4.78 is 16.4. The van der Waals surface area contributed by atoms with Gasteiger partial charge >= 0.3 is 5.97 Å². The van der Waals surface area contributed by atoms with Crippen molar-refractivity contribution in [3.8, 4) is 11.5 Å². The third kappa shape index (κ3) is 4.23. The van der Waals surface area contributed by atoms with E-state index < -0.39 is 0 Å². The number of ether oxygens (including phenoxy) is 3. The van der Waals surface area contributed by atoms with Gasteiger partial charge in [-0.1, -0.05) is 11.6 Å². The molecular weight excluding hydrogens is 376 g/mol. The second-order valence-electron chi connectivity index (χ2n) is 6.74. The number of aromatic nitrogens is 3. The first-order valence-electron chi connectivity index (χ1n) is 9.20. The number of nitrogens with zero attached hydrogens (tertiary/aromatic N) is 2. The number of methoxy groups -OCH3 is 2. The summed E-state index contributed by atoms with van der Waals surface area (Å²) in [4.78, 5) is 28.0. The summed E-state index contributed by atoms with van der Waals surface area (Å²) in [6.07, 6.45) is 4.73. The highest BCUT2D eigenvalue weighted by atomic mass is 16.5. The smallest absolute Gasteiger partial charge is 0.342 e. The molecule has 0 bridgehead atoms. The predicted molar refractivity (Wildman–Crippen MR) is 105 cm³/mol. The van der Waals surface area contributed by atoms with Gasteiger partial charge in [0.15, 0.2) is 0 Å². The van der Waals surface area contributed by atoms with Gasteiger partial charge in [-0.25, -0.2) is 9.89 Å². The number of benzene rings is 1. The molecule has 0 saturated heterocycles. The first-order valence-corrected chi connectivity index (χ1v) is 9.20. The molecule has 2 aromatic rings. The van der Waals surface area contributed by atoms with Gasteiger partial charge in [0, 0.05) is 17.5 Å². The minimum absolute atomic E-state index is 0.152. The number of hydrogen-bond donors (Lipinski definition) is 2. The molecule has 0 atom stereocenters. The first-order chi connectivity index (χ1) is 14.0. The van der Waals surface area contributed by atoms with Crippen molar-refractivity contribution in [1.29, 1.82) is 0 Å². The number of aromatic amines is 1. The number of carbonyl (C=O) groups is 2. The Morgan fingerprint density at radius 1 is 1.31 bits per heavy atom. The lowest BCUT2D eigenvalue weighted by molar-refractivity contribution is -0.116. The average Bonchev–Trinajstić information content (AvgIpc) is 3.35. The average molecular weight is 400 g/mol. The third-order valence-corrected chi connectivity index (χ3v) is 4.90. The van der Waals surface area contributed by atoms with E-state index in [9.17, 15) is 9.59 Å². The van der Waals surface area contributed by atoms with E-state index in [1.165, 1.54) is 13.4 Å². The number of carbonyl (C=O) groups excluding carboxylic acids is 2. The fraction of sp³-hybridized carbons (Fsp3) is 0.400. The maximum atomic E-state index is 12.2. The van der Waals surface area contributed by atoms with Gasteiger partial charge in [0.25, 0.3) is 0 Å². The molecule has 0 fully saturated rings. The number of anilines is 1. The Morgan fingerprint density at radius 3 is 2.72 bits per heavy atom. The van der Waals surface area contributed by atoms with Gasteiger partial charge in [-0.15, -0.1) is 0 Å². The number of hydrogen-bond acceptors (Lipinski definition) is 7. The molecule has 0 unspecified atom stereocenters. The monoisotopic (exact) mass is 400 g/mol. The van der Waals surface area contributed by atoms with Crippen molar-refractivity contribution >= 4 is 17.8 Å². The summed E-state index contributed by atoms with van der Waals surface area (Å²) >= 11 is 0. The van der Waals surface area contributed by atoms with Crippen LogP contribution in [0, 0.1) is 6.92 Å². The van der Waals surface area contributed by atoms with Crippen LogP contribution in [0.3, 0.4) is 0 Å². The SMILES string of the molecule is COc1c(C)c2c(c(OC)c1C/C=C(\C)CCC(=O)Nc1ncn[nH]1)C(=O)OC2. The highest BCUT2D eigenvalue weighted by Gasteiger charge is 2.32. The number of amides is 1. The second-order valence-corrected chi connectivity index (χ2v) is 6.74. The third-order valence-electron chi connectivity index (χ3n) is 4.90.